The van der Waals surface area contributed by atoms with Crippen LogP contribution in [0.3, 0.4) is 0 Å². The van der Waals surface area contributed by atoms with Crippen molar-refractivity contribution in [1.82, 2.24) is 0 Å². The van der Waals surface area contributed by atoms with Gasteiger partial charge in [0.2, 0.25) is 0 Å². The SMILES string of the molecule is OC1CCCc2cc(OCc3ccc(F)cc3Cl)ccc21. The van der Waals surface area contributed by atoms with Crippen LogP contribution in [0.1, 0.15) is 35.6 Å². The van der Waals surface area contributed by atoms with Gasteiger partial charge in [0.1, 0.15) is 18.2 Å². The topological polar surface area (TPSA) is 29.5 Å². The third-order valence-electron chi connectivity index (χ3n) is 3.81. The predicted molar refractivity (Wildman–Crippen MR) is 80.1 cm³/mol. The van der Waals surface area contributed by atoms with E-state index in [2.05, 4.69) is 0 Å². The minimum Gasteiger partial charge on any atom is -0.489 e. The van der Waals surface area contributed by atoms with E-state index in [4.69, 9.17) is 16.3 Å². The molecule has 2 nitrogen and oxygen atoms in total. The van der Waals surface area contributed by atoms with E-state index in [1.54, 1.807) is 6.07 Å². The molecule has 0 saturated carbocycles. The molecular formula is C17H16ClFO2. The zero-order valence-electron chi connectivity index (χ0n) is 11.5. The number of ether oxygens (including phenoxy) is 1. The Balaban J connectivity index is 1.73. The molecule has 0 fully saturated rings. The fourth-order valence-corrected chi connectivity index (χ4v) is 2.88. The summed E-state index contributed by atoms with van der Waals surface area (Å²) in [6, 6.07) is 10.0. The third-order valence-corrected chi connectivity index (χ3v) is 4.16. The number of aliphatic hydroxyl groups excluding tert-OH is 1. The number of halogens is 2. The molecule has 1 aliphatic rings. The van der Waals surface area contributed by atoms with Gasteiger partial charge in [-0.2, -0.15) is 0 Å². The van der Waals surface area contributed by atoms with E-state index in [0.717, 1.165) is 41.7 Å². The van der Waals surface area contributed by atoms with Gasteiger partial charge in [0.05, 0.1) is 11.1 Å². The highest BCUT2D eigenvalue weighted by atomic mass is 35.5. The smallest absolute Gasteiger partial charge is 0.124 e. The molecule has 0 radical (unpaired) electrons. The van der Waals surface area contributed by atoms with E-state index in [9.17, 15) is 9.50 Å². The fraction of sp³-hybridized carbons (Fsp3) is 0.294. The van der Waals surface area contributed by atoms with Crippen molar-refractivity contribution in [2.45, 2.75) is 32.0 Å². The quantitative estimate of drug-likeness (QED) is 0.909. The largest absolute Gasteiger partial charge is 0.489 e. The van der Waals surface area contributed by atoms with Gasteiger partial charge in [0.15, 0.2) is 0 Å². The van der Waals surface area contributed by atoms with Crippen LogP contribution in [0.4, 0.5) is 4.39 Å². The summed E-state index contributed by atoms with van der Waals surface area (Å²) in [6.07, 6.45) is 2.40. The van der Waals surface area contributed by atoms with Crippen LogP contribution in [0.2, 0.25) is 5.02 Å². The van der Waals surface area contributed by atoms with Gasteiger partial charge in [-0.25, -0.2) is 4.39 Å². The number of hydrogen-bond donors (Lipinski definition) is 1. The molecule has 2 aromatic carbocycles. The average Bonchev–Trinajstić information content (AvgIpc) is 2.46. The van der Waals surface area contributed by atoms with Crippen LogP contribution in [0.5, 0.6) is 5.75 Å². The molecule has 0 saturated heterocycles. The molecule has 0 aromatic heterocycles. The van der Waals surface area contributed by atoms with Crippen molar-refractivity contribution in [2.24, 2.45) is 0 Å². The number of hydrogen-bond acceptors (Lipinski definition) is 2. The molecule has 0 bridgehead atoms. The molecule has 0 spiro atoms. The van der Waals surface area contributed by atoms with Gasteiger partial charge in [0, 0.05) is 5.56 Å². The molecule has 0 heterocycles. The minimum absolute atomic E-state index is 0.292. The van der Waals surface area contributed by atoms with Crippen molar-refractivity contribution >= 4 is 11.6 Å². The molecular weight excluding hydrogens is 291 g/mol. The second-order valence-corrected chi connectivity index (χ2v) is 5.70. The van der Waals surface area contributed by atoms with Crippen LogP contribution >= 0.6 is 11.6 Å². The van der Waals surface area contributed by atoms with E-state index < -0.39 is 0 Å². The van der Waals surface area contributed by atoms with Gasteiger partial charge >= 0.3 is 0 Å². The predicted octanol–water partition coefficient (Wildman–Crippen LogP) is 4.43. The van der Waals surface area contributed by atoms with Crippen LogP contribution < -0.4 is 4.74 Å². The van der Waals surface area contributed by atoms with Crippen molar-refractivity contribution in [3.8, 4) is 5.75 Å². The maximum absolute atomic E-state index is 13.0. The molecule has 2 aromatic rings. The Morgan fingerprint density at radius 2 is 2.10 bits per heavy atom. The van der Waals surface area contributed by atoms with Gasteiger partial charge in [0.25, 0.3) is 0 Å². The lowest BCUT2D eigenvalue weighted by molar-refractivity contribution is 0.156. The summed E-state index contributed by atoms with van der Waals surface area (Å²) in [4.78, 5) is 0. The van der Waals surface area contributed by atoms with Crippen LogP contribution in [0.25, 0.3) is 0 Å². The Morgan fingerprint density at radius 1 is 1.24 bits per heavy atom. The molecule has 1 aliphatic carbocycles. The molecule has 21 heavy (non-hydrogen) atoms. The van der Waals surface area contributed by atoms with E-state index in [-0.39, 0.29) is 11.9 Å². The second kappa shape index (κ2) is 6.04. The number of fused-ring (bicyclic) bond motifs is 1. The fourth-order valence-electron chi connectivity index (χ4n) is 2.65. The average molecular weight is 307 g/mol. The van der Waals surface area contributed by atoms with E-state index >= 15 is 0 Å². The van der Waals surface area contributed by atoms with Crippen molar-refractivity contribution < 1.29 is 14.2 Å². The molecule has 4 heteroatoms. The van der Waals surface area contributed by atoms with Crippen LogP contribution in [0.15, 0.2) is 36.4 Å². The van der Waals surface area contributed by atoms with Crippen LogP contribution in [0, 0.1) is 5.82 Å². The van der Waals surface area contributed by atoms with Gasteiger partial charge in [-0.3, -0.25) is 0 Å². The Morgan fingerprint density at radius 3 is 2.90 bits per heavy atom. The first-order valence-electron chi connectivity index (χ1n) is 7.01. The van der Waals surface area contributed by atoms with Gasteiger partial charge < -0.3 is 9.84 Å². The highest BCUT2D eigenvalue weighted by Crippen LogP contribution is 2.32. The molecule has 1 unspecified atom stereocenters. The molecule has 110 valence electrons. The summed E-state index contributed by atoms with van der Waals surface area (Å²) >= 11 is 5.98. The summed E-state index contributed by atoms with van der Waals surface area (Å²) < 4.78 is 18.7. The first kappa shape index (κ1) is 14.4. The van der Waals surface area contributed by atoms with E-state index in [1.807, 2.05) is 18.2 Å². The zero-order valence-corrected chi connectivity index (χ0v) is 12.2. The number of aliphatic hydroxyl groups is 1. The second-order valence-electron chi connectivity index (χ2n) is 5.29. The van der Waals surface area contributed by atoms with Crippen molar-refractivity contribution in [1.29, 1.82) is 0 Å². The summed E-state index contributed by atoms with van der Waals surface area (Å²) in [7, 11) is 0. The summed E-state index contributed by atoms with van der Waals surface area (Å²) in [5.74, 6) is 0.384. The van der Waals surface area contributed by atoms with Gasteiger partial charge in [-0.1, -0.05) is 23.7 Å². The third kappa shape index (κ3) is 3.20. The molecule has 1 atom stereocenters. The van der Waals surface area contributed by atoms with Crippen molar-refractivity contribution in [3.63, 3.8) is 0 Å². The summed E-state index contributed by atoms with van der Waals surface area (Å²) in [6.45, 7) is 0.292. The maximum atomic E-state index is 13.0. The highest BCUT2D eigenvalue weighted by molar-refractivity contribution is 6.31. The Kier molecular flexibility index (Phi) is 4.13. The number of aryl methyl sites for hydroxylation is 1. The van der Waals surface area contributed by atoms with Crippen LogP contribution in [-0.2, 0) is 13.0 Å². The lowest BCUT2D eigenvalue weighted by Crippen LogP contribution is -2.09. The van der Waals surface area contributed by atoms with Gasteiger partial charge in [-0.05, 0) is 54.7 Å². The highest BCUT2D eigenvalue weighted by Gasteiger charge is 2.18. The van der Waals surface area contributed by atoms with Crippen molar-refractivity contribution in [3.05, 3.63) is 63.9 Å². The minimum atomic E-state index is -0.366. The standard InChI is InChI=1S/C17H16ClFO2/c18-16-9-13(19)5-4-12(16)10-21-14-6-7-15-11(8-14)2-1-3-17(15)20/h4-9,17,20H,1-3,10H2. The van der Waals surface area contributed by atoms with E-state index in [1.165, 1.54) is 12.1 Å². The molecule has 1 N–H and O–H groups in total. The zero-order chi connectivity index (χ0) is 14.8. The monoisotopic (exact) mass is 306 g/mol. The maximum Gasteiger partial charge on any atom is 0.124 e. The lowest BCUT2D eigenvalue weighted by atomic mass is 9.89. The van der Waals surface area contributed by atoms with Gasteiger partial charge in [-0.15, -0.1) is 0 Å². The molecule has 0 aliphatic heterocycles. The first-order chi connectivity index (χ1) is 10.1. The molecule has 0 amide bonds. The Labute approximate surface area is 128 Å². The summed E-state index contributed by atoms with van der Waals surface area (Å²) in [5.41, 5.74) is 2.88. The number of rotatable bonds is 3. The normalized spacial score (nSPS) is 17.4. The molecule has 3 rings (SSSR count). The van der Waals surface area contributed by atoms with Crippen molar-refractivity contribution in [2.75, 3.05) is 0 Å². The number of benzene rings is 2. The Bertz CT molecular complexity index is 657. The van der Waals surface area contributed by atoms with E-state index in [0.29, 0.717) is 11.6 Å². The summed E-state index contributed by atoms with van der Waals surface area (Å²) in [5, 5.41) is 10.3. The first-order valence-corrected chi connectivity index (χ1v) is 7.39. The van der Waals surface area contributed by atoms with Crippen LogP contribution in [-0.4, -0.2) is 5.11 Å². The lowest BCUT2D eigenvalue weighted by Gasteiger charge is -2.21. The Hall–Kier alpha value is -1.58.